The Kier molecular flexibility index (Phi) is 3.22. The average Bonchev–Trinajstić information content (AvgIpc) is 3.39. The van der Waals surface area contributed by atoms with Crippen LogP contribution in [-0.2, 0) is 4.79 Å². The van der Waals surface area contributed by atoms with Crippen molar-refractivity contribution in [2.24, 2.45) is 10.9 Å². The molecule has 3 heterocycles. The van der Waals surface area contributed by atoms with Crippen LogP contribution in [0.25, 0.3) is 15.9 Å². The molecular weight excluding hydrogens is 332 g/mol. The summed E-state index contributed by atoms with van der Waals surface area (Å²) in [5.74, 6) is 0.166. The maximum Gasteiger partial charge on any atom is 0.273 e. The first-order valence-electron chi connectivity index (χ1n) is 8.50. The Hall–Kier alpha value is -3.34. The van der Waals surface area contributed by atoms with Crippen LogP contribution in [0.15, 0.2) is 34.0 Å². The average molecular weight is 346 g/mol. The number of H-pyrrole nitrogens is 1. The third-order valence-electron chi connectivity index (χ3n) is 5.30. The van der Waals surface area contributed by atoms with E-state index in [-0.39, 0.29) is 17.6 Å². The topological polar surface area (TPSA) is 101 Å². The first-order valence-corrected chi connectivity index (χ1v) is 8.50. The molecular formula is C18H14N6O2. The summed E-state index contributed by atoms with van der Waals surface area (Å²) in [6.45, 7) is 7.85. The molecule has 1 N–H and O–H groups in total. The Morgan fingerprint density at radius 3 is 3.00 bits per heavy atom. The van der Waals surface area contributed by atoms with Gasteiger partial charge in [-0.1, -0.05) is 12.1 Å². The third-order valence-corrected chi connectivity index (χ3v) is 5.30. The van der Waals surface area contributed by atoms with Crippen LogP contribution < -0.4 is 0 Å². The summed E-state index contributed by atoms with van der Waals surface area (Å²) in [5, 5.41) is 15.0. The number of carbonyl (C=O) groups excluding carboxylic acids is 1. The zero-order valence-electron chi connectivity index (χ0n) is 13.7. The molecule has 1 aliphatic carbocycles. The van der Waals surface area contributed by atoms with Crippen molar-refractivity contribution in [3.8, 4) is 0 Å². The number of aliphatic imine (C=N–C) groups is 1. The van der Waals surface area contributed by atoms with E-state index in [9.17, 15) is 4.79 Å². The summed E-state index contributed by atoms with van der Waals surface area (Å²) in [7, 11) is 0. The molecule has 2 aromatic heterocycles. The van der Waals surface area contributed by atoms with E-state index in [1.165, 1.54) is 0 Å². The molecule has 3 unspecified atom stereocenters. The van der Waals surface area contributed by atoms with E-state index in [1.54, 1.807) is 6.20 Å². The molecule has 0 amide bonds. The quantitative estimate of drug-likeness (QED) is 0.719. The monoisotopic (exact) mass is 346 g/mol. The van der Waals surface area contributed by atoms with Crippen molar-refractivity contribution >= 4 is 28.3 Å². The van der Waals surface area contributed by atoms with Crippen molar-refractivity contribution in [1.82, 2.24) is 20.5 Å². The lowest BCUT2D eigenvalue weighted by Gasteiger charge is -2.26. The fraction of sp³-hybridized carbons (Fsp3) is 0.333. The fourth-order valence-electron chi connectivity index (χ4n) is 4.11. The highest BCUT2D eigenvalue weighted by molar-refractivity contribution is 6.11. The highest BCUT2D eigenvalue weighted by atomic mass is 16.6. The molecule has 0 radical (unpaired) electrons. The molecule has 2 aliphatic rings. The first kappa shape index (κ1) is 15.0. The van der Waals surface area contributed by atoms with Gasteiger partial charge in [0.1, 0.15) is 22.5 Å². The van der Waals surface area contributed by atoms with Crippen LogP contribution in [0.4, 0.5) is 5.82 Å². The molecule has 1 aromatic carbocycles. The maximum atomic E-state index is 12.4. The normalized spacial score (nSPS) is 25.1. The van der Waals surface area contributed by atoms with Gasteiger partial charge in [-0.25, -0.2) is 16.2 Å². The summed E-state index contributed by atoms with van der Waals surface area (Å²) >= 11 is 0. The van der Waals surface area contributed by atoms with Gasteiger partial charge in [0.05, 0.1) is 18.0 Å². The lowest BCUT2D eigenvalue weighted by Crippen LogP contribution is -2.35. The van der Waals surface area contributed by atoms with E-state index >= 15 is 0 Å². The first-order chi connectivity index (χ1) is 12.8. The smallest absolute Gasteiger partial charge is 0.273 e. The Morgan fingerprint density at radius 1 is 1.27 bits per heavy atom. The maximum absolute atomic E-state index is 12.4. The summed E-state index contributed by atoms with van der Waals surface area (Å²) in [4.78, 5) is 20.9. The van der Waals surface area contributed by atoms with Crippen molar-refractivity contribution in [2.75, 3.05) is 0 Å². The van der Waals surface area contributed by atoms with Crippen LogP contribution in [-0.4, -0.2) is 38.0 Å². The number of aromatic amines is 1. The number of hydrogen-bond acceptors (Lipinski definition) is 6. The van der Waals surface area contributed by atoms with Gasteiger partial charge in [0.2, 0.25) is 0 Å². The number of benzene rings is 1. The van der Waals surface area contributed by atoms with Crippen molar-refractivity contribution in [2.45, 2.75) is 31.2 Å². The Morgan fingerprint density at radius 2 is 2.19 bits per heavy atom. The minimum absolute atomic E-state index is 0.167. The molecule has 0 bridgehead atoms. The van der Waals surface area contributed by atoms with Crippen LogP contribution in [0.3, 0.4) is 0 Å². The molecule has 1 fully saturated rings. The number of ketones is 1. The third kappa shape index (κ3) is 2.03. The number of aromatic nitrogens is 4. The summed E-state index contributed by atoms with van der Waals surface area (Å²) < 4.78 is 4.89. The molecule has 1 saturated carbocycles. The number of nitrogens with zero attached hydrogens (tertiary/aromatic N) is 5. The lowest BCUT2D eigenvalue weighted by atomic mass is 9.78. The number of carbonyl (C=O) groups is 1. The molecule has 3 atom stereocenters. The second-order valence-electron chi connectivity index (χ2n) is 6.65. The van der Waals surface area contributed by atoms with E-state index in [0.29, 0.717) is 29.0 Å². The van der Waals surface area contributed by atoms with E-state index in [2.05, 4.69) is 30.3 Å². The summed E-state index contributed by atoms with van der Waals surface area (Å²) in [6, 6.07) is 5.03. The predicted octanol–water partition coefficient (Wildman–Crippen LogP) is 2.82. The summed E-state index contributed by atoms with van der Waals surface area (Å²) in [6.07, 6.45) is 3.84. The molecule has 8 nitrogen and oxygen atoms in total. The Bertz CT molecular complexity index is 1090. The predicted molar refractivity (Wildman–Crippen MR) is 92.1 cm³/mol. The number of nitrogens with one attached hydrogen (secondary N) is 1. The molecule has 1 aliphatic heterocycles. The van der Waals surface area contributed by atoms with Gasteiger partial charge in [-0.2, -0.15) is 5.10 Å². The lowest BCUT2D eigenvalue weighted by molar-refractivity contribution is -0.119. The number of fused-ring (bicyclic) bond motifs is 2. The van der Waals surface area contributed by atoms with Crippen molar-refractivity contribution < 1.29 is 9.42 Å². The van der Waals surface area contributed by atoms with E-state index < -0.39 is 6.04 Å². The van der Waals surface area contributed by atoms with Gasteiger partial charge in [0.25, 0.3) is 6.04 Å². The largest absolute Gasteiger partial charge is 0.306 e. The number of rotatable bonds is 2. The van der Waals surface area contributed by atoms with Crippen molar-refractivity contribution in [3.63, 3.8) is 0 Å². The van der Waals surface area contributed by atoms with E-state index in [1.807, 2.05) is 18.2 Å². The molecule has 0 spiro atoms. The van der Waals surface area contributed by atoms with Crippen molar-refractivity contribution in [1.29, 1.82) is 0 Å². The second kappa shape index (κ2) is 5.59. The van der Waals surface area contributed by atoms with Gasteiger partial charge >= 0.3 is 0 Å². The highest BCUT2D eigenvalue weighted by Crippen LogP contribution is 2.43. The molecule has 3 aromatic rings. The van der Waals surface area contributed by atoms with Gasteiger partial charge < -0.3 is 4.85 Å². The van der Waals surface area contributed by atoms with Crippen LogP contribution in [0.1, 0.15) is 36.3 Å². The Labute approximate surface area is 148 Å². The van der Waals surface area contributed by atoms with Gasteiger partial charge in [0, 0.05) is 12.0 Å². The van der Waals surface area contributed by atoms with E-state index in [0.717, 1.165) is 24.0 Å². The number of hydrogen-bond donors (Lipinski definition) is 1. The molecule has 0 saturated heterocycles. The van der Waals surface area contributed by atoms with Crippen LogP contribution in [0.5, 0.6) is 0 Å². The highest BCUT2D eigenvalue weighted by Gasteiger charge is 2.46. The van der Waals surface area contributed by atoms with Crippen molar-refractivity contribution in [3.05, 3.63) is 46.9 Å². The van der Waals surface area contributed by atoms with Gasteiger partial charge in [-0.15, -0.1) is 0 Å². The van der Waals surface area contributed by atoms with Gasteiger partial charge in [0.15, 0.2) is 5.82 Å². The van der Waals surface area contributed by atoms with Gasteiger partial charge in [-0.05, 0) is 34.8 Å². The SMILES string of the molecule is [C-]#[N+]C1C(C2CCCC2=O)=Nc2[nH]ncc2C1c1cccc2nonc12. The Balaban J connectivity index is 1.72. The standard InChI is InChI=1S/C18H14N6O2/c1-19-17-14(10-5-2-6-12-15(10)24-26-23-12)11-8-20-22-18(11)21-16(17)9-4-3-7-13(9)25/h2,5-6,8-9,14,17H,3-4,7H2,(H,20,22). The molecule has 128 valence electrons. The minimum Gasteiger partial charge on any atom is -0.306 e. The molecule has 26 heavy (non-hydrogen) atoms. The van der Waals surface area contributed by atoms with E-state index in [4.69, 9.17) is 11.2 Å². The minimum atomic E-state index is -0.575. The van der Waals surface area contributed by atoms with Gasteiger partial charge in [-0.3, -0.25) is 9.89 Å². The summed E-state index contributed by atoms with van der Waals surface area (Å²) in [5.41, 5.74) is 3.56. The fourth-order valence-corrected chi connectivity index (χ4v) is 4.11. The zero-order chi connectivity index (χ0) is 17.7. The number of Topliss-reactive ketones (excluding diaryl/α,β-unsaturated/α-hetero) is 1. The van der Waals surface area contributed by atoms with Crippen LogP contribution in [0, 0.1) is 12.5 Å². The zero-order valence-corrected chi connectivity index (χ0v) is 13.7. The van der Waals surface area contributed by atoms with Crippen LogP contribution >= 0.6 is 0 Å². The molecule has 8 heteroatoms. The molecule has 5 rings (SSSR count). The van der Waals surface area contributed by atoms with Crippen LogP contribution in [0.2, 0.25) is 0 Å². The second-order valence-corrected chi connectivity index (χ2v) is 6.65.